The van der Waals surface area contributed by atoms with Crippen LogP contribution in [-0.2, 0) is 50.6 Å². The van der Waals surface area contributed by atoms with Gasteiger partial charge in [-0.25, -0.2) is 0 Å². The minimum Gasteiger partial charge on any atom is -0.549 e. The van der Waals surface area contributed by atoms with Crippen LogP contribution in [0.1, 0.15) is 16.7 Å². The van der Waals surface area contributed by atoms with Crippen LogP contribution >= 0.6 is 19.5 Å². The maximum Gasteiger partial charge on any atom is 2.00 e. The number of rotatable bonds is 16. The number of nitrogens with zero attached hydrogens (tertiary/aromatic N) is 3. The van der Waals surface area contributed by atoms with Crippen LogP contribution < -0.4 is 41.9 Å². The second-order valence-corrected chi connectivity index (χ2v) is 18.6. The minimum absolute atomic E-state index is 0. The van der Waals surface area contributed by atoms with Crippen molar-refractivity contribution in [3.63, 3.8) is 0 Å². The van der Waals surface area contributed by atoms with Crippen LogP contribution in [0.2, 0.25) is 0 Å². The van der Waals surface area contributed by atoms with Crippen molar-refractivity contribution in [3.8, 4) is 0 Å². The number of benzene rings is 5. The van der Waals surface area contributed by atoms with Crippen molar-refractivity contribution in [2.24, 2.45) is 0 Å². The van der Waals surface area contributed by atoms with Gasteiger partial charge in [0, 0.05) is 70.6 Å². The molecule has 1 aliphatic heterocycles. The summed E-state index contributed by atoms with van der Waals surface area (Å²) in [4.78, 5) is 39.6. The van der Waals surface area contributed by atoms with Crippen molar-refractivity contribution < 1.29 is 46.8 Å². The molecule has 1 atom stereocenters. The summed E-state index contributed by atoms with van der Waals surface area (Å²) in [6.45, 7) is 0.747. The molecule has 60 heavy (non-hydrogen) atoms. The predicted molar refractivity (Wildman–Crippen MR) is 232 cm³/mol. The van der Waals surface area contributed by atoms with Gasteiger partial charge in [-0.2, -0.15) is 0 Å². The standard InChI is InChI=1S/C46H50N5O6PS.Cu/c52-43(53)31-49-24-25-50(32-44(54)55)30-39(51(27-26-49)33-45(56)57)28-35-20-22-38(23-21-35)48-46(59)47-29-36-16-18-37(19-17-36)34-58(40-10-4-1-5-11-40,41-12-6-2-7-13-41)42-14-8-3-9-15-42;/h1-23,39H,24-34H2,(H4-,47,48,52,53,54,55,56,57,59);/q;+2/p-2/i;1+0. The summed E-state index contributed by atoms with van der Waals surface area (Å²) in [6, 6.07) is 48.5. The number of nitrogens with one attached hydrogen (secondary N) is 2. The van der Waals surface area contributed by atoms with Gasteiger partial charge in [0.05, 0.1) is 24.1 Å². The zero-order chi connectivity index (χ0) is 41.6. The first-order chi connectivity index (χ1) is 28.6. The molecule has 1 fully saturated rings. The Hall–Kier alpha value is -4.97. The SMILES string of the molecule is O=C([O-])CN1CCN(CC(=O)[O-])CC(Cc2ccc(NC(=S)NCc3ccc(C[P+](c4ccccc4)(c4ccccc4)c4ccccc4)cc3)cc2)N(CC(=O)[O-])CC1.[64Cu+2]. The first kappa shape index (κ1) is 46.1. The molecule has 0 spiro atoms. The molecule has 14 heteroatoms. The van der Waals surface area contributed by atoms with Crippen LogP contribution in [0.5, 0.6) is 0 Å². The van der Waals surface area contributed by atoms with Gasteiger partial charge < -0.3 is 40.3 Å². The maximum absolute atomic E-state index is 11.8. The van der Waals surface area contributed by atoms with E-state index in [1.54, 1.807) is 14.7 Å². The molecule has 5 aromatic carbocycles. The van der Waals surface area contributed by atoms with E-state index in [1.165, 1.54) is 21.5 Å². The smallest absolute Gasteiger partial charge is 0.549 e. The van der Waals surface area contributed by atoms with Crippen LogP contribution in [0.4, 0.5) is 5.69 Å². The molecule has 0 aromatic heterocycles. The minimum atomic E-state index is -2.03. The zero-order valence-electron chi connectivity index (χ0n) is 33.1. The van der Waals surface area contributed by atoms with Gasteiger partial charge in [-0.05, 0) is 83.9 Å². The van der Waals surface area contributed by atoms with Crippen molar-refractivity contribution in [1.29, 1.82) is 0 Å². The summed E-state index contributed by atoms with van der Waals surface area (Å²) in [5.41, 5.74) is 4.01. The largest absolute Gasteiger partial charge is 2.00 e. The van der Waals surface area contributed by atoms with Crippen LogP contribution in [0.25, 0.3) is 0 Å². The van der Waals surface area contributed by atoms with E-state index >= 15 is 0 Å². The van der Waals surface area contributed by atoms with E-state index in [-0.39, 0.29) is 69.4 Å². The molecule has 2 N–H and O–H groups in total. The Kier molecular flexibility index (Phi) is 17.3. The number of hydrogen-bond donors (Lipinski definition) is 2. The monoisotopic (exact) mass is 893 g/mol. The molecule has 1 aliphatic rings. The van der Waals surface area contributed by atoms with Crippen LogP contribution in [-0.4, -0.2) is 96.1 Å². The molecule has 5 aromatic rings. The third-order valence-corrected chi connectivity index (χ3v) is 15.3. The molecule has 1 unspecified atom stereocenters. The number of carbonyl (C=O) groups is 3. The van der Waals surface area contributed by atoms with Crippen LogP contribution in [0.15, 0.2) is 140 Å². The molecular weight excluding hydrogens is 846 g/mol. The summed E-state index contributed by atoms with van der Waals surface area (Å²) in [6.07, 6.45) is 1.30. The van der Waals surface area contributed by atoms with Crippen molar-refractivity contribution in [2.45, 2.75) is 25.2 Å². The fourth-order valence-corrected chi connectivity index (χ4v) is 12.2. The van der Waals surface area contributed by atoms with Gasteiger partial charge in [-0.3, -0.25) is 14.7 Å². The molecule has 11 nitrogen and oxygen atoms in total. The Labute approximate surface area is 368 Å². The van der Waals surface area contributed by atoms with Gasteiger partial charge >= 0.3 is 17.1 Å². The first-order valence-corrected chi connectivity index (χ1v) is 22.0. The Morgan fingerprint density at radius 3 is 1.55 bits per heavy atom. The quantitative estimate of drug-likeness (QED) is 0.0817. The van der Waals surface area contributed by atoms with Crippen molar-refractivity contribution >= 4 is 64.1 Å². The molecular formula is C46H48CuN5O6PS. The number of anilines is 1. The van der Waals surface area contributed by atoms with Crippen LogP contribution in [0.3, 0.4) is 0 Å². The maximum atomic E-state index is 11.8. The van der Waals surface area contributed by atoms with E-state index in [1.807, 2.05) is 24.3 Å². The third kappa shape index (κ3) is 13.0. The molecule has 6 rings (SSSR count). The second-order valence-electron chi connectivity index (χ2n) is 14.8. The number of thiocarbonyl (C=S) groups is 1. The fraction of sp³-hybridized carbons (Fsp3) is 0.261. The van der Waals surface area contributed by atoms with Gasteiger partial charge in [0.25, 0.3) is 0 Å². The van der Waals surface area contributed by atoms with Crippen molar-refractivity contribution in [3.05, 3.63) is 156 Å². The van der Waals surface area contributed by atoms with E-state index < -0.39 is 31.2 Å². The molecule has 0 aliphatic carbocycles. The summed E-state index contributed by atoms with van der Waals surface area (Å²) >= 11 is 5.65. The average Bonchev–Trinajstić information content (AvgIpc) is 3.30. The number of carbonyl (C=O) groups excluding carboxylic acids is 3. The Morgan fingerprint density at radius 1 is 0.583 bits per heavy atom. The molecule has 0 bridgehead atoms. The average molecular weight is 894 g/mol. The number of carboxylic acids is 3. The Bertz CT molecular complexity index is 2060. The third-order valence-electron chi connectivity index (χ3n) is 10.6. The first-order valence-electron chi connectivity index (χ1n) is 19.6. The Morgan fingerprint density at radius 2 is 1.03 bits per heavy atom. The predicted octanol–water partition coefficient (Wildman–Crippen LogP) is 0.745. The van der Waals surface area contributed by atoms with Gasteiger partial charge in [-0.15, -0.1) is 0 Å². The van der Waals surface area contributed by atoms with E-state index in [9.17, 15) is 29.7 Å². The van der Waals surface area contributed by atoms with Crippen molar-refractivity contribution in [2.75, 3.05) is 57.7 Å². The van der Waals surface area contributed by atoms with Gasteiger partial charge in [0.15, 0.2) is 5.11 Å². The van der Waals surface area contributed by atoms with E-state index in [0.29, 0.717) is 18.1 Å². The molecule has 1 saturated heterocycles. The number of carboxylic acid groups (broad SMARTS) is 3. The van der Waals surface area contributed by atoms with Crippen LogP contribution in [0, 0.1) is 0 Å². The zero-order valence-corrected chi connectivity index (χ0v) is 35.7. The summed E-state index contributed by atoms with van der Waals surface area (Å²) in [5.74, 6) is -3.81. The van der Waals surface area contributed by atoms with Gasteiger partial charge in [0.1, 0.15) is 23.2 Å². The fourth-order valence-electron chi connectivity index (χ4n) is 7.75. The second kappa shape index (κ2) is 22.6. The summed E-state index contributed by atoms with van der Waals surface area (Å²) in [5, 5.41) is 45.7. The summed E-state index contributed by atoms with van der Waals surface area (Å²) < 4.78 is 0. The van der Waals surface area contributed by atoms with Gasteiger partial charge in [0.2, 0.25) is 0 Å². The van der Waals surface area contributed by atoms with Gasteiger partial charge in [-0.1, -0.05) is 91.0 Å². The topological polar surface area (TPSA) is 154 Å². The molecule has 315 valence electrons. The van der Waals surface area contributed by atoms with E-state index in [0.717, 1.165) is 23.0 Å². The van der Waals surface area contributed by atoms with E-state index in [2.05, 4.69) is 126 Å². The normalized spacial score (nSPS) is 15.4. The number of hydrogen-bond acceptors (Lipinski definition) is 10. The molecule has 0 amide bonds. The number of aliphatic carboxylic acids is 3. The van der Waals surface area contributed by atoms with E-state index in [4.69, 9.17) is 12.2 Å². The van der Waals surface area contributed by atoms with Crippen molar-refractivity contribution in [1.82, 2.24) is 20.0 Å². The molecule has 1 radical (unpaired) electrons. The summed E-state index contributed by atoms with van der Waals surface area (Å²) in [7, 11) is -2.03. The molecule has 1 heterocycles. The Balaban J connectivity index is 0.00000683. The molecule has 0 saturated carbocycles.